The number of carbonyl (C=O) groups is 2. The van der Waals surface area contributed by atoms with Gasteiger partial charge in [-0.3, -0.25) is 14.5 Å². The van der Waals surface area contributed by atoms with E-state index < -0.39 is 11.9 Å². The number of methoxy groups -OCH3 is 1. The summed E-state index contributed by atoms with van der Waals surface area (Å²) in [5.74, 6) is -0.0393. The first-order chi connectivity index (χ1) is 19.5. The monoisotopic (exact) mass is 575 g/mol. The van der Waals surface area contributed by atoms with Crippen molar-refractivity contribution in [3.63, 3.8) is 0 Å². The van der Waals surface area contributed by atoms with Crippen LogP contribution < -0.4 is 14.2 Å². The number of aliphatic carboxylic acids is 1. The summed E-state index contributed by atoms with van der Waals surface area (Å²) in [4.78, 5) is 33.1. The van der Waals surface area contributed by atoms with Gasteiger partial charge in [0.1, 0.15) is 0 Å². The average molecular weight is 576 g/mol. The maximum atomic E-state index is 13.8. The molecule has 1 fully saturated rings. The minimum Gasteiger partial charge on any atom is -0.493 e. The van der Waals surface area contributed by atoms with Crippen LogP contribution in [0.25, 0.3) is 0 Å². The Kier molecular flexibility index (Phi) is 12.1. The number of amides is 1. The number of hydrogen-bond acceptors (Lipinski definition) is 7. The molecule has 1 aromatic carbocycles. The zero-order valence-electron chi connectivity index (χ0n) is 26.4. The van der Waals surface area contributed by atoms with Gasteiger partial charge in [0.15, 0.2) is 11.5 Å². The Hall–Kier alpha value is -2.52. The molecule has 0 radical (unpaired) electrons. The third-order valence-corrected chi connectivity index (χ3v) is 8.59. The van der Waals surface area contributed by atoms with E-state index in [9.17, 15) is 14.7 Å². The van der Waals surface area contributed by atoms with E-state index in [2.05, 4.69) is 51.6 Å². The van der Waals surface area contributed by atoms with Gasteiger partial charge in [-0.25, -0.2) is 0 Å². The van der Waals surface area contributed by atoms with Gasteiger partial charge in [0, 0.05) is 31.6 Å². The zero-order chi connectivity index (χ0) is 30.2. The molecule has 2 aliphatic heterocycles. The van der Waals surface area contributed by atoms with Crippen LogP contribution in [0.3, 0.4) is 0 Å². The first-order valence-electron chi connectivity index (χ1n) is 15.4. The smallest absolute Gasteiger partial charge is 0.308 e. The highest BCUT2D eigenvalue weighted by Gasteiger charge is 2.49. The minimum absolute atomic E-state index is 0.0516. The highest BCUT2D eigenvalue weighted by atomic mass is 16.7. The van der Waals surface area contributed by atoms with Crippen LogP contribution in [0.4, 0.5) is 0 Å². The van der Waals surface area contributed by atoms with Crippen LogP contribution in [0.5, 0.6) is 17.2 Å². The number of unbranched alkanes of at least 4 members (excludes halogenated alkanes) is 2. The summed E-state index contributed by atoms with van der Waals surface area (Å²) < 4.78 is 16.8. The Morgan fingerprint density at radius 1 is 1.07 bits per heavy atom. The molecule has 2 heterocycles. The molecular weight excluding hydrogens is 522 g/mol. The van der Waals surface area contributed by atoms with Gasteiger partial charge in [0.2, 0.25) is 18.4 Å². The van der Waals surface area contributed by atoms with Crippen molar-refractivity contribution >= 4 is 11.9 Å². The lowest BCUT2D eigenvalue weighted by atomic mass is 9.76. The van der Waals surface area contributed by atoms with Crippen molar-refractivity contribution in [1.82, 2.24) is 14.7 Å². The van der Waals surface area contributed by atoms with E-state index in [1.165, 1.54) is 0 Å². The molecule has 1 amide bonds. The maximum absolute atomic E-state index is 13.8. The summed E-state index contributed by atoms with van der Waals surface area (Å²) in [7, 11) is 5.71. The fourth-order valence-corrected chi connectivity index (χ4v) is 6.51. The fraction of sp³-hybridized carbons (Fsp3) is 0.750. The van der Waals surface area contributed by atoms with Crippen LogP contribution in [-0.2, 0) is 9.59 Å². The number of benzene rings is 1. The Morgan fingerprint density at radius 3 is 2.41 bits per heavy atom. The molecule has 0 spiro atoms. The van der Waals surface area contributed by atoms with E-state index in [4.69, 9.17) is 14.2 Å². The number of carboxylic acid groups (broad SMARTS) is 1. The van der Waals surface area contributed by atoms with Crippen molar-refractivity contribution < 1.29 is 28.9 Å². The van der Waals surface area contributed by atoms with Gasteiger partial charge >= 0.3 is 5.97 Å². The summed E-state index contributed by atoms with van der Waals surface area (Å²) in [5, 5.41) is 10.6. The molecule has 1 saturated heterocycles. The van der Waals surface area contributed by atoms with Crippen LogP contribution in [0, 0.1) is 11.3 Å². The predicted molar refractivity (Wildman–Crippen MR) is 161 cm³/mol. The van der Waals surface area contributed by atoms with Gasteiger partial charge in [-0.2, -0.15) is 0 Å². The Morgan fingerprint density at radius 2 is 1.78 bits per heavy atom. The first-order valence-corrected chi connectivity index (χ1v) is 15.4. The van der Waals surface area contributed by atoms with Crippen molar-refractivity contribution in [2.75, 3.05) is 60.7 Å². The second-order valence-electron chi connectivity index (χ2n) is 12.8. The van der Waals surface area contributed by atoms with E-state index in [1.54, 1.807) is 7.11 Å². The lowest BCUT2D eigenvalue weighted by molar-refractivity contribution is -0.144. The summed E-state index contributed by atoms with van der Waals surface area (Å²) in [6.45, 7) is 12.0. The zero-order valence-corrected chi connectivity index (χ0v) is 26.4. The molecule has 3 rings (SSSR count). The van der Waals surface area contributed by atoms with Crippen LogP contribution >= 0.6 is 0 Å². The normalized spacial score (nSPS) is 20.5. The van der Waals surface area contributed by atoms with Crippen molar-refractivity contribution in [1.29, 1.82) is 0 Å². The van der Waals surface area contributed by atoms with E-state index in [0.29, 0.717) is 30.2 Å². The number of carbonyl (C=O) groups excluding carboxylic acids is 1. The number of nitrogens with zero attached hydrogens (tertiary/aromatic N) is 3. The van der Waals surface area contributed by atoms with Gasteiger partial charge in [-0.05, 0) is 75.9 Å². The number of hydrogen-bond donors (Lipinski definition) is 1. The lowest BCUT2D eigenvalue weighted by Crippen LogP contribution is -2.46. The lowest BCUT2D eigenvalue weighted by Gasteiger charge is -2.35. The standard InChI is InChI=1S/C32H53N3O6/c1-8-10-15-34(16-12-11-14-33(5)6)28(36)21-35-20-24(23-17-26(39-7)30-27(18-23)40-22-41-30)29(31(37)38)25(35)19-32(3,4)13-9-2/h17-18,24-25,29H,8-16,19-22H2,1-7H3,(H,37,38)/t24-,25+,29-/m1/s1. The van der Waals surface area contributed by atoms with E-state index >= 15 is 0 Å². The molecular formula is C32H53N3O6. The Balaban J connectivity index is 1.91. The van der Waals surface area contributed by atoms with Crippen molar-refractivity contribution in [2.24, 2.45) is 11.3 Å². The van der Waals surface area contributed by atoms with Crippen LogP contribution in [0.2, 0.25) is 0 Å². The molecule has 0 aromatic heterocycles. The van der Waals surface area contributed by atoms with Crippen LogP contribution in [-0.4, -0.2) is 98.4 Å². The van der Waals surface area contributed by atoms with Gasteiger partial charge < -0.3 is 29.1 Å². The largest absolute Gasteiger partial charge is 0.493 e. The second kappa shape index (κ2) is 15.1. The molecule has 41 heavy (non-hydrogen) atoms. The van der Waals surface area contributed by atoms with Crippen molar-refractivity contribution in [2.45, 2.75) is 84.6 Å². The molecule has 9 nitrogen and oxygen atoms in total. The summed E-state index contributed by atoms with van der Waals surface area (Å²) in [6.07, 6.45) is 6.71. The number of likely N-dealkylation sites (tertiary alicyclic amines) is 1. The number of rotatable bonds is 17. The van der Waals surface area contributed by atoms with Crippen LogP contribution in [0.15, 0.2) is 12.1 Å². The summed E-state index contributed by atoms with van der Waals surface area (Å²) in [6, 6.07) is 3.51. The molecule has 0 aliphatic carbocycles. The highest BCUT2D eigenvalue weighted by Crippen LogP contribution is 2.48. The quantitative estimate of drug-likeness (QED) is 0.257. The van der Waals surface area contributed by atoms with E-state index in [0.717, 1.165) is 63.7 Å². The summed E-state index contributed by atoms with van der Waals surface area (Å²) in [5.41, 5.74) is 0.794. The molecule has 1 N–H and O–H groups in total. The molecule has 9 heteroatoms. The SMILES string of the molecule is CCCCN(CCCCN(C)C)C(=O)CN1C[C@H](c2cc(OC)c3c(c2)OCO3)[C@@H](C(=O)O)[C@@H]1CC(C)(C)CCC. The molecule has 0 saturated carbocycles. The number of fused-ring (bicyclic) bond motifs is 1. The Labute approximate surface area is 247 Å². The topological polar surface area (TPSA) is 91.8 Å². The van der Waals surface area contributed by atoms with Gasteiger partial charge in [0.25, 0.3) is 0 Å². The predicted octanol–water partition coefficient (Wildman–Crippen LogP) is 5.08. The molecule has 232 valence electrons. The van der Waals surface area contributed by atoms with Gasteiger partial charge in [-0.1, -0.05) is 40.5 Å². The molecule has 2 aliphatic rings. The summed E-state index contributed by atoms with van der Waals surface area (Å²) >= 11 is 0. The molecule has 0 unspecified atom stereocenters. The van der Waals surface area contributed by atoms with E-state index in [1.807, 2.05) is 17.0 Å². The number of ether oxygens (including phenoxy) is 3. The minimum atomic E-state index is -0.828. The first kappa shape index (κ1) is 33.0. The number of carboxylic acids is 1. The molecule has 3 atom stereocenters. The van der Waals surface area contributed by atoms with Crippen molar-refractivity contribution in [3.05, 3.63) is 17.7 Å². The Bertz CT molecular complexity index is 1010. The third kappa shape index (κ3) is 8.74. The van der Waals surface area contributed by atoms with Crippen LogP contribution in [0.1, 0.15) is 84.1 Å². The second-order valence-corrected chi connectivity index (χ2v) is 12.8. The average Bonchev–Trinajstić information content (AvgIpc) is 3.52. The molecule has 0 bridgehead atoms. The third-order valence-electron chi connectivity index (χ3n) is 8.59. The van der Waals surface area contributed by atoms with E-state index in [-0.39, 0.29) is 36.6 Å². The highest BCUT2D eigenvalue weighted by molar-refractivity contribution is 5.79. The van der Waals surface area contributed by atoms with Gasteiger partial charge in [0.05, 0.1) is 19.6 Å². The molecule has 1 aromatic rings. The maximum Gasteiger partial charge on any atom is 0.308 e. The van der Waals surface area contributed by atoms with Gasteiger partial charge in [-0.15, -0.1) is 0 Å². The fourth-order valence-electron chi connectivity index (χ4n) is 6.51. The van der Waals surface area contributed by atoms with Crippen molar-refractivity contribution in [3.8, 4) is 17.2 Å².